The third-order valence-electron chi connectivity index (χ3n) is 2.12. The Kier molecular flexibility index (Phi) is 10.7. The second kappa shape index (κ2) is 10.3. The van der Waals surface area contributed by atoms with Gasteiger partial charge in [0.2, 0.25) is 0 Å². The summed E-state index contributed by atoms with van der Waals surface area (Å²) in [6.07, 6.45) is -0.705. The fraction of sp³-hybridized carbons (Fsp3) is 0.769. The van der Waals surface area contributed by atoms with Crippen LogP contribution in [-0.4, -0.2) is 51.7 Å². The molecule has 0 saturated heterocycles. The summed E-state index contributed by atoms with van der Waals surface area (Å²) >= 11 is 3.65. The van der Waals surface area contributed by atoms with Crippen molar-refractivity contribution in [3.05, 3.63) is 0 Å². The van der Waals surface area contributed by atoms with E-state index in [0.717, 1.165) is 0 Å². The van der Waals surface area contributed by atoms with Crippen molar-refractivity contribution in [2.24, 2.45) is 11.7 Å². The molecule has 0 radical (unpaired) electrons. The SMILES string of the molecule is CC(C)[C@H](NC(=O)OC(C)(C)C)C(=O)O.N[C@@H](CS)C(=O)O. The molecule has 130 valence electrons. The second-order valence-electron chi connectivity index (χ2n) is 5.83. The first-order chi connectivity index (χ1) is 9.81. The number of hydrogen-bond donors (Lipinski definition) is 5. The molecule has 22 heavy (non-hydrogen) atoms. The molecule has 0 aliphatic rings. The largest absolute Gasteiger partial charge is 0.480 e. The molecule has 0 unspecified atom stereocenters. The summed E-state index contributed by atoms with van der Waals surface area (Å²) in [6.45, 7) is 8.60. The average Bonchev–Trinajstić information content (AvgIpc) is 2.32. The van der Waals surface area contributed by atoms with Crippen molar-refractivity contribution in [1.82, 2.24) is 5.32 Å². The number of carboxylic acid groups (broad SMARTS) is 2. The van der Waals surface area contributed by atoms with Crippen LogP contribution in [0.25, 0.3) is 0 Å². The Balaban J connectivity index is 0. The van der Waals surface area contributed by atoms with Crippen molar-refractivity contribution >= 4 is 30.7 Å². The zero-order chi connectivity index (χ0) is 18.1. The van der Waals surface area contributed by atoms with E-state index in [-0.39, 0.29) is 11.7 Å². The molecule has 0 aliphatic heterocycles. The minimum Gasteiger partial charge on any atom is -0.480 e. The Bertz CT molecular complexity index is 381. The predicted molar refractivity (Wildman–Crippen MR) is 85.1 cm³/mol. The number of thiol groups is 1. The molecule has 0 bridgehead atoms. The number of hydrogen-bond acceptors (Lipinski definition) is 6. The van der Waals surface area contributed by atoms with Gasteiger partial charge in [0.1, 0.15) is 17.7 Å². The van der Waals surface area contributed by atoms with Crippen molar-refractivity contribution in [1.29, 1.82) is 0 Å². The fourth-order valence-electron chi connectivity index (χ4n) is 1.03. The number of carboxylic acids is 2. The second-order valence-corrected chi connectivity index (χ2v) is 6.20. The monoisotopic (exact) mass is 338 g/mol. The van der Waals surface area contributed by atoms with Crippen molar-refractivity contribution < 1.29 is 29.3 Å². The first-order valence-electron chi connectivity index (χ1n) is 6.63. The molecule has 0 saturated carbocycles. The molecule has 0 rings (SSSR count). The zero-order valence-electron chi connectivity index (χ0n) is 13.5. The van der Waals surface area contributed by atoms with Crippen LogP contribution in [0.4, 0.5) is 4.79 Å². The summed E-state index contributed by atoms with van der Waals surface area (Å²) in [5, 5.41) is 19.1. The summed E-state index contributed by atoms with van der Waals surface area (Å²) < 4.78 is 4.96. The van der Waals surface area contributed by atoms with Gasteiger partial charge in [-0.15, -0.1) is 0 Å². The van der Waals surface area contributed by atoms with Crippen LogP contribution in [0.1, 0.15) is 34.6 Å². The third kappa shape index (κ3) is 12.3. The van der Waals surface area contributed by atoms with E-state index in [0.29, 0.717) is 0 Å². The summed E-state index contributed by atoms with van der Waals surface area (Å²) in [5.41, 5.74) is 4.32. The molecule has 0 aliphatic carbocycles. The minimum atomic E-state index is -1.06. The first kappa shape index (κ1) is 22.8. The normalized spacial score (nSPS) is 13.5. The van der Waals surface area contributed by atoms with Gasteiger partial charge in [0, 0.05) is 5.75 Å². The van der Waals surface area contributed by atoms with Gasteiger partial charge in [-0.3, -0.25) is 4.79 Å². The predicted octanol–water partition coefficient (Wildman–Crippen LogP) is 0.948. The molecule has 1 amide bonds. The molecule has 5 N–H and O–H groups in total. The number of carbonyl (C=O) groups excluding carboxylic acids is 1. The molecule has 0 heterocycles. The van der Waals surface area contributed by atoms with E-state index in [1.165, 1.54) is 0 Å². The van der Waals surface area contributed by atoms with Gasteiger partial charge in [-0.2, -0.15) is 12.6 Å². The number of ether oxygens (including phenoxy) is 1. The Morgan fingerprint density at radius 1 is 1.18 bits per heavy atom. The Morgan fingerprint density at radius 2 is 1.64 bits per heavy atom. The summed E-state index contributed by atoms with van der Waals surface area (Å²) in [6, 6.07) is -1.73. The highest BCUT2D eigenvalue weighted by atomic mass is 32.1. The lowest BCUT2D eigenvalue weighted by molar-refractivity contribution is -0.140. The lowest BCUT2D eigenvalue weighted by Gasteiger charge is -2.23. The molecule has 0 fully saturated rings. The van der Waals surface area contributed by atoms with Crippen molar-refractivity contribution in [3.63, 3.8) is 0 Å². The number of amides is 1. The number of nitrogens with one attached hydrogen (secondary N) is 1. The Morgan fingerprint density at radius 3 is 1.82 bits per heavy atom. The Labute approximate surface area is 135 Å². The van der Waals surface area contributed by atoms with Gasteiger partial charge in [-0.05, 0) is 26.7 Å². The topological polar surface area (TPSA) is 139 Å². The molecular weight excluding hydrogens is 312 g/mol. The number of alkyl carbamates (subject to hydrolysis) is 1. The number of nitrogens with two attached hydrogens (primary N) is 1. The van der Waals surface area contributed by atoms with Crippen molar-refractivity contribution in [2.75, 3.05) is 5.75 Å². The quantitative estimate of drug-likeness (QED) is 0.470. The van der Waals surface area contributed by atoms with Crippen LogP contribution in [0.3, 0.4) is 0 Å². The van der Waals surface area contributed by atoms with Gasteiger partial charge in [-0.25, -0.2) is 9.59 Å². The molecule has 0 spiro atoms. The van der Waals surface area contributed by atoms with E-state index in [2.05, 4.69) is 17.9 Å². The van der Waals surface area contributed by atoms with E-state index in [1.807, 2.05) is 0 Å². The van der Waals surface area contributed by atoms with Gasteiger partial charge in [0.25, 0.3) is 0 Å². The summed E-state index contributed by atoms with van der Waals surface area (Å²) in [5.74, 6) is -2.06. The average molecular weight is 338 g/mol. The van der Waals surface area contributed by atoms with Gasteiger partial charge in [-0.1, -0.05) is 13.8 Å². The van der Waals surface area contributed by atoms with Crippen LogP contribution in [0, 0.1) is 5.92 Å². The molecule has 0 aromatic rings. The molecular formula is C13H26N2O6S. The first-order valence-corrected chi connectivity index (χ1v) is 7.26. The van der Waals surface area contributed by atoms with Gasteiger partial charge in [0.05, 0.1) is 0 Å². The highest BCUT2D eigenvalue weighted by Crippen LogP contribution is 2.08. The number of carbonyl (C=O) groups is 3. The van der Waals surface area contributed by atoms with Gasteiger partial charge in [0.15, 0.2) is 0 Å². The van der Waals surface area contributed by atoms with Gasteiger partial charge < -0.3 is 26.0 Å². The van der Waals surface area contributed by atoms with Crippen LogP contribution >= 0.6 is 12.6 Å². The Hall–Kier alpha value is -1.48. The lowest BCUT2D eigenvalue weighted by atomic mass is 10.1. The highest BCUT2D eigenvalue weighted by molar-refractivity contribution is 7.80. The van der Waals surface area contributed by atoms with E-state index in [4.69, 9.17) is 20.7 Å². The van der Waals surface area contributed by atoms with Crippen LogP contribution in [0.15, 0.2) is 0 Å². The van der Waals surface area contributed by atoms with E-state index < -0.39 is 35.7 Å². The van der Waals surface area contributed by atoms with E-state index in [9.17, 15) is 14.4 Å². The number of rotatable bonds is 5. The molecule has 8 nitrogen and oxygen atoms in total. The maximum atomic E-state index is 11.3. The minimum absolute atomic E-state index is 0.185. The standard InChI is InChI=1S/C10H19NO4.C3H7NO2S/c1-6(2)7(8(12)13)11-9(14)15-10(3,4)5;4-2(1-7)3(5)6/h6-7H,1-5H3,(H,11,14)(H,12,13);2,7H,1,4H2,(H,5,6)/t7-;2-/m00/s1. The molecule has 9 heteroatoms. The lowest BCUT2D eigenvalue weighted by Crippen LogP contribution is -2.46. The molecule has 2 atom stereocenters. The fourth-order valence-corrected chi connectivity index (χ4v) is 1.18. The van der Waals surface area contributed by atoms with Crippen molar-refractivity contribution in [2.45, 2.75) is 52.3 Å². The molecule has 0 aromatic carbocycles. The van der Waals surface area contributed by atoms with Crippen LogP contribution in [0.5, 0.6) is 0 Å². The molecule has 0 aromatic heterocycles. The van der Waals surface area contributed by atoms with Gasteiger partial charge >= 0.3 is 18.0 Å². The van der Waals surface area contributed by atoms with Crippen molar-refractivity contribution in [3.8, 4) is 0 Å². The summed E-state index contributed by atoms with van der Waals surface area (Å²) in [7, 11) is 0. The smallest absolute Gasteiger partial charge is 0.408 e. The van der Waals surface area contributed by atoms with E-state index in [1.54, 1.807) is 34.6 Å². The van der Waals surface area contributed by atoms with Crippen LogP contribution in [0.2, 0.25) is 0 Å². The zero-order valence-corrected chi connectivity index (χ0v) is 14.4. The maximum absolute atomic E-state index is 11.3. The number of aliphatic carboxylic acids is 2. The third-order valence-corrected chi connectivity index (χ3v) is 2.51. The maximum Gasteiger partial charge on any atom is 0.408 e. The van der Waals surface area contributed by atoms with Crippen LogP contribution < -0.4 is 11.1 Å². The highest BCUT2D eigenvalue weighted by Gasteiger charge is 2.26. The van der Waals surface area contributed by atoms with Crippen LogP contribution in [-0.2, 0) is 14.3 Å². The van der Waals surface area contributed by atoms with E-state index >= 15 is 0 Å². The summed E-state index contributed by atoms with van der Waals surface area (Å²) in [4.78, 5) is 31.8.